The number of thioether (sulfide) groups is 1. The SMILES string of the molecule is Cc1cccc(-c2nc(C)c(C3=NCCS3)s2)c1. The number of aliphatic imine (C=N–C) groups is 1. The maximum atomic E-state index is 4.69. The summed E-state index contributed by atoms with van der Waals surface area (Å²) in [5.74, 6) is 1.10. The van der Waals surface area contributed by atoms with E-state index in [-0.39, 0.29) is 0 Å². The van der Waals surface area contributed by atoms with Gasteiger partial charge in [0, 0.05) is 17.9 Å². The molecule has 0 fully saturated rings. The van der Waals surface area contributed by atoms with Crippen LogP contribution >= 0.6 is 23.1 Å². The van der Waals surface area contributed by atoms with Gasteiger partial charge in [-0.3, -0.25) is 4.99 Å². The Labute approximate surface area is 115 Å². The van der Waals surface area contributed by atoms with Crippen molar-refractivity contribution >= 4 is 28.1 Å². The number of rotatable bonds is 2. The van der Waals surface area contributed by atoms with Crippen molar-refractivity contribution in [2.24, 2.45) is 4.99 Å². The summed E-state index contributed by atoms with van der Waals surface area (Å²) in [6, 6.07) is 8.51. The van der Waals surface area contributed by atoms with E-state index in [2.05, 4.69) is 43.1 Å². The molecule has 0 radical (unpaired) electrons. The maximum Gasteiger partial charge on any atom is 0.124 e. The maximum absolute atomic E-state index is 4.69. The van der Waals surface area contributed by atoms with Gasteiger partial charge in [0.05, 0.1) is 10.6 Å². The van der Waals surface area contributed by atoms with E-state index in [4.69, 9.17) is 4.98 Å². The Morgan fingerprint density at radius 1 is 1.22 bits per heavy atom. The molecule has 1 aromatic carbocycles. The summed E-state index contributed by atoms with van der Waals surface area (Å²) < 4.78 is 0. The number of hydrogen-bond donors (Lipinski definition) is 0. The molecule has 0 saturated carbocycles. The Kier molecular flexibility index (Phi) is 3.22. The van der Waals surface area contributed by atoms with Gasteiger partial charge in [-0.05, 0) is 19.9 Å². The quantitative estimate of drug-likeness (QED) is 0.829. The third-order valence-electron chi connectivity index (χ3n) is 2.84. The van der Waals surface area contributed by atoms with Gasteiger partial charge in [-0.2, -0.15) is 0 Å². The molecule has 0 unspecified atom stereocenters. The summed E-state index contributed by atoms with van der Waals surface area (Å²) >= 11 is 3.60. The van der Waals surface area contributed by atoms with Gasteiger partial charge in [-0.15, -0.1) is 23.1 Å². The third kappa shape index (κ3) is 2.22. The lowest BCUT2D eigenvalue weighted by atomic mass is 10.1. The van der Waals surface area contributed by atoms with Crippen molar-refractivity contribution in [2.45, 2.75) is 13.8 Å². The van der Waals surface area contributed by atoms with Gasteiger partial charge in [0.25, 0.3) is 0 Å². The molecule has 0 bridgehead atoms. The highest BCUT2D eigenvalue weighted by Gasteiger charge is 2.17. The first-order valence-corrected chi connectivity index (χ1v) is 7.76. The zero-order chi connectivity index (χ0) is 12.5. The summed E-state index contributed by atoms with van der Waals surface area (Å²) in [5.41, 5.74) is 3.58. The summed E-state index contributed by atoms with van der Waals surface area (Å²) in [5, 5.41) is 2.27. The summed E-state index contributed by atoms with van der Waals surface area (Å²) in [6.45, 7) is 5.13. The summed E-state index contributed by atoms with van der Waals surface area (Å²) in [7, 11) is 0. The topological polar surface area (TPSA) is 25.2 Å². The second kappa shape index (κ2) is 4.86. The smallest absolute Gasteiger partial charge is 0.124 e. The lowest BCUT2D eigenvalue weighted by Gasteiger charge is -1.97. The van der Waals surface area contributed by atoms with Crippen molar-refractivity contribution in [3.63, 3.8) is 0 Å². The van der Waals surface area contributed by atoms with E-state index in [0.717, 1.165) is 23.0 Å². The van der Waals surface area contributed by atoms with Gasteiger partial charge in [-0.25, -0.2) is 4.98 Å². The van der Waals surface area contributed by atoms with Gasteiger partial charge in [0.2, 0.25) is 0 Å². The van der Waals surface area contributed by atoms with Crippen molar-refractivity contribution in [1.82, 2.24) is 4.98 Å². The number of thiazole rings is 1. The van der Waals surface area contributed by atoms with E-state index >= 15 is 0 Å². The molecule has 0 atom stereocenters. The summed E-state index contributed by atoms with van der Waals surface area (Å²) in [4.78, 5) is 10.5. The van der Waals surface area contributed by atoms with Crippen LogP contribution in [0.15, 0.2) is 29.3 Å². The molecule has 1 aliphatic heterocycles. The molecule has 92 valence electrons. The van der Waals surface area contributed by atoms with Crippen LogP contribution in [0.4, 0.5) is 0 Å². The first kappa shape index (κ1) is 11.9. The van der Waals surface area contributed by atoms with E-state index in [1.54, 1.807) is 11.3 Å². The molecular weight excluding hydrogens is 260 g/mol. The molecule has 0 saturated heterocycles. The van der Waals surface area contributed by atoms with Crippen LogP contribution in [-0.2, 0) is 0 Å². The van der Waals surface area contributed by atoms with Crippen molar-refractivity contribution in [1.29, 1.82) is 0 Å². The average Bonchev–Trinajstić information content (AvgIpc) is 2.97. The van der Waals surface area contributed by atoms with Gasteiger partial charge in [-0.1, -0.05) is 23.8 Å². The minimum atomic E-state index is 0.942. The Hall–Kier alpha value is -1.13. The number of hydrogen-bond acceptors (Lipinski definition) is 4. The van der Waals surface area contributed by atoms with Crippen LogP contribution in [0.25, 0.3) is 10.6 Å². The number of aromatic nitrogens is 1. The van der Waals surface area contributed by atoms with Crippen LogP contribution in [0, 0.1) is 13.8 Å². The minimum Gasteiger partial charge on any atom is -0.276 e. The van der Waals surface area contributed by atoms with E-state index in [9.17, 15) is 0 Å². The van der Waals surface area contributed by atoms with Crippen LogP contribution in [0.5, 0.6) is 0 Å². The molecule has 2 heterocycles. The van der Waals surface area contributed by atoms with Crippen molar-refractivity contribution in [3.8, 4) is 10.6 Å². The number of aryl methyl sites for hydroxylation is 2. The monoisotopic (exact) mass is 274 g/mol. The predicted octanol–water partition coefficient (Wildman–Crippen LogP) is 3.92. The highest BCUT2D eigenvalue weighted by molar-refractivity contribution is 8.15. The van der Waals surface area contributed by atoms with E-state index < -0.39 is 0 Å². The lowest BCUT2D eigenvalue weighted by molar-refractivity contribution is 1.17. The van der Waals surface area contributed by atoms with Gasteiger partial charge in [0.1, 0.15) is 10.1 Å². The molecule has 1 aromatic heterocycles. The zero-order valence-corrected chi connectivity index (χ0v) is 12.1. The van der Waals surface area contributed by atoms with Gasteiger partial charge in [0.15, 0.2) is 0 Å². The standard InChI is InChI=1S/C14H14N2S2/c1-9-4-3-5-11(8-9)13-16-10(2)12(18-13)14-15-6-7-17-14/h3-5,8H,6-7H2,1-2H3. The summed E-state index contributed by atoms with van der Waals surface area (Å²) in [6.07, 6.45) is 0. The Balaban J connectivity index is 2.02. The van der Waals surface area contributed by atoms with Gasteiger partial charge < -0.3 is 0 Å². The lowest BCUT2D eigenvalue weighted by Crippen LogP contribution is -1.90. The zero-order valence-electron chi connectivity index (χ0n) is 10.4. The Morgan fingerprint density at radius 2 is 2.11 bits per heavy atom. The molecule has 4 heteroatoms. The minimum absolute atomic E-state index is 0.942. The van der Waals surface area contributed by atoms with Crippen LogP contribution < -0.4 is 0 Å². The van der Waals surface area contributed by atoms with Crippen LogP contribution in [0.1, 0.15) is 16.1 Å². The fourth-order valence-electron chi connectivity index (χ4n) is 1.97. The third-order valence-corrected chi connectivity index (χ3v) is 5.18. The molecule has 2 nitrogen and oxygen atoms in total. The van der Waals surface area contributed by atoms with Crippen LogP contribution in [0.2, 0.25) is 0 Å². The molecule has 0 amide bonds. The second-order valence-electron chi connectivity index (χ2n) is 4.34. The van der Waals surface area contributed by atoms with Crippen molar-refractivity contribution < 1.29 is 0 Å². The van der Waals surface area contributed by atoms with Gasteiger partial charge >= 0.3 is 0 Å². The highest BCUT2D eigenvalue weighted by atomic mass is 32.2. The van der Waals surface area contributed by atoms with Crippen LogP contribution in [-0.4, -0.2) is 22.3 Å². The largest absolute Gasteiger partial charge is 0.276 e. The van der Waals surface area contributed by atoms with E-state index in [0.29, 0.717) is 0 Å². The molecule has 2 aromatic rings. The normalized spacial score (nSPS) is 14.9. The molecule has 1 aliphatic rings. The molecule has 0 spiro atoms. The second-order valence-corrected chi connectivity index (χ2v) is 6.42. The molecule has 0 N–H and O–H groups in total. The van der Waals surface area contributed by atoms with Crippen LogP contribution in [0.3, 0.4) is 0 Å². The molecule has 18 heavy (non-hydrogen) atoms. The van der Waals surface area contributed by atoms with Crippen molar-refractivity contribution in [3.05, 3.63) is 40.4 Å². The number of benzene rings is 1. The molecular formula is C14H14N2S2. The van der Waals surface area contributed by atoms with E-state index in [1.807, 2.05) is 11.8 Å². The van der Waals surface area contributed by atoms with Crippen molar-refractivity contribution in [2.75, 3.05) is 12.3 Å². The first-order chi connectivity index (χ1) is 8.74. The highest BCUT2D eigenvalue weighted by Crippen LogP contribution is 2.32. The predicted molar refractivity (Wildman–Crippen MR) is 80.9 cm³/mol. The van der Waals surface area contributed by atoms with E-state index in [1.165, 1.54) is 21.0 Å². The fraction of sp³-hybridized carbons (Fsp3) is 0.286. The first-order valence-electron chi connectivity index (χ1n) is 5.96. The fourth-order valence-corrected chi connectivity index (χ4v) is 4.07. The average molecular weight is 274 g/mol. The molecule has 3 rings (SSSR count). The Morgan fingerprint density at radius 3 is 2.83 bits per heavy atom. The number of nitrogens with zero attached hydrogens (tertiary/aromatic N) is 2. The molecule has 0 aliphatic carbocycles. The Bertz CT molecular complexity index is 614.